The first kappa shape index (κ1) is 22.2. The van der Waals surface area contributed by atoms with E-state index in [9.17, 15) is 9.59 Å². The predicted octanol–water partition coefficient (Wildman–Crippen LogP) is 5.42. The van der Waals surface area contributed by atoms with E-state index < -0.39 is 0 Å². The first-order valence-electron chi connectivity index (χ1n) is 11.7. The Morgan fingerprint density at radius 2 is 1.62 bits per heavy atom. The Balaban J connectivity index is 1.55. The van der Waals surface area contributed by atoms with Crippen molar-refractivity contribution >= 4 is 29.0 Å². The van der Waals surface area contributed by atoms with Gasteiger partial charge in [-0.25, -0.2) is 4.79 Å². The minimum Gasteiger partial charge on any atom is -0.371 e. The van der Waals surface area contributed by atoms with Crippen molar-refractivity contribution in [2.45, 2.75) is 46.5 Å². The molecule has 2 aliphatic rings. The van der Waals surface area contributed by atoms with Crippen LogP contribution in [0.4, 0.5) is 21.9 Å². The van der Waals surface area contributed by atoms with Gasteiger partial charge in [0.15, 0.2) is 0 Å². The lowest BCUT2D eigenvalue weighted by Gasteiger charge is -2.34. The van der Waals surface area contributed by atoms with Gasteiger partial charge >= 0.3 is 6.03 Å². The van der Waals surface area contributed by atoms with Crippen molar-refractivity contribution in [3.8, 4) is 0 Å². The number of rotatable bonds is 4. The van der Waals surface area contributed by atoms with Crippen LogP contribution in [0, 0.1) is 19.8 Å². The number of carbonyl (C=O) groups excluding carboxylic acids is 2. The molecule has 2 fully saturated rings. The summed E-state index contributed by atoms with van der Waals surface area (Å²) in [4.78, 5) is 30.3. The van der Waals surface area contributed by atoms with Crippen LogP contribution >= 0.6 is 0 Å². The van der Waals surface area contributed by atoms with E-state index in [-0.39, 0.29) is 11.9 Å². The molecule has 170 valence electrons. The number of anilines is 3. The second-order valence-corrected chi connectivity index (χ2v) is 9.30. The Morgan fingerprint density at radius 3 is 2.31 bits per heavy atom. The molecule has 32 heavy (non-hydrogen) atoms. The average Bonchev–Trinajstić information content (AvgIpc) is 3.31. The van der Waals surface area contributed by atoms with E-state index in [1.54, 1.807) is 0 Å². The molecule has 0 unspecified atom stereocenters. The molecule has 6 nitrogen and oxygen atoms in total. The molecule has 6 heteroatoms. The molecule has 2 N–H and O–H groups in total. The first-order valence-corrected chi connectivity index (χ1v) is 11.7. The molecule has 0 saturated carbocycles. The fourth-order valence-corrected chi connectivity index (χ4v) is 4.64. The van der Waals surface area contributed by atoms with Gasteiger partial charge in [-0.1, -0.05) is 24.6 Å². The Kier molecular flexibility index (Phi) is 6.68. The van der Waals surface area contributed by atoms with Crippen LogP contribution < -0.4 is 15.5 Å². The van der Waals surface area contributed by atoms with Crippen molar-refractivity contribution in [3.05, 3.63) is 53.1 Å². The third kappa shape index (κ3) is 5.06. The van der Waals surface area contributed by atoms with Crippen molar-refractivity contribution in [2.24, 2.45) is 5.92 Å². The molecule has 0 bridgehead atoms. The largest absolute Gasteiger partial charge is 0.371 e. The molecular weight excluding hydrogens is 400 g/mol. The predicted molar refractivity (Wildman–Crippen MR) is 131 cm³/mol. The van der Waals surface area contributed by atoms with Crippen LogP contribution in [-0.4, -0.2) is 43.0 Å². The average molecular weight is 435 g/mol. The molecule has 0 atom stereocenters. The number of benzene rings is 2. The molecular formula is C26H34N4O2. The number of aryl methyl sites for hydroxylation is 2. The van der Waals surface area contributed by atoms with Gasteiger partial charge < -0.3 is 20.4 Å². The van der Waals surface area contributed by atoms with Crippen LogP contribution in [0.15, 0.2) is 36.4 Å². The summed E-state index contributed by atoms with van der Waals surface area (Å²) in [5.74, 6) is 0.786. The normalized spacial score (nSPS) is 16.8. The van der Waals surface area contributed by atoms with Gasteiger partial charge in [0.2, 0.25) is 0 Å². The Hall–Kier alpha value is -3.02. The summed E-state index contributed by atoms with van der Waals surface area (Å²) in [5.41, 5.74) is 5.24. The second-order valence-electron chi connectivity index (χ2n) is 9.30. The topological polar surface area (TPSA) is 64.7 Å². The molecule has 2 aliphatic heterocycles. The van der Waals surface area contributed by atoms with Crippen LogP contribution in [0.5, 0.6) is 0 Å². The van der Waals surface area contributed by atoms with E-state index in [1.807, 2.05) is 55.1 Å². The molecule has 4 rings (SSSR count). The minimum atomic E-state index is -0.309. The molecule has 2 saturated heterocycles. The highest BCUT2D eigenvalue weighted by Crippen LogP contribution is 2.30. The third-order valence-electron chi connectivity index (χ3n) is 6.63. The number of carbonyl (C=O) groups is 2. The summed E-state index contributed by atoms with van der Waals surface area (Å²) in [7, 11) is 0. The van der Waals surface area contributed by atoms with Crippen LogP contribution in [0.2, 0.25) is 0 Å². The van der Waals surface area contributed by atoms with Crippen molar-refractivity contribution < 1.29 is 9.59 Å². The summed E-state index contributed by atoms with van der Waals surface area (Å²) in [5, 5.41) is 5.83. The van der Waals surface area contributed by atoms with Crippen molar-refractivity contribution in [2.75, 3.05) is 41.7 Å². The molecule has 3 amide bonds. The van der Waals surface area contributed by atoms with Gasteiger partial charge in [-0.05, 0) is 75.3 Å². The van der Waals surface area contributed by atoms with Crippen LogP contribution in [0.1, 0.15) is 54.1 Å². The number of piperidine rings is 1. The summed E-state index contributed by atoms with van der Waals surface area (Å²) in [6.07, 6.45) is 4.38. The number of urea groups is 1. The fourth-order valence-electron chi connectivity index (χ4n) is 4.64. The highest BCUT2D eigenvalue weighted by Gasteiger charge is 2.26. The van der Waals surface area contributed by atoms with Crippen LogP contribution in [0.3, 0.4) is 0 Å². The molecule has 0 spiro atoms. The van der Waals surface area contributed by atoms with Gasteiger partial charge in [0.05, 0.1) is 5.56 Å². The van der Waals surface area contributed by atoms with E-state index in [0.29, 0.717) is 11.3 Å². The van der Waals surface area contributed by atoms with Crippen molar-refractivity contribution in [1.29, 1.82) is 0 Å². The zero-order chi connectivity index (χ0) is 22.7. The number of likely N-dealkylation sites (tertiary alicyclic amines) is 1. The second kappa shape index (κ2) is 9.63. The fraction of sp³-hybridized carbons (Fsp3) is 0.462. The standard InChI is InChI=1S/C26H34N4O2/c1-18-10-14-29(15-11-18)24-9-7-21(17-22(24)25(31)30-12-4-5-13-30)27-26(32)28-23-8-6-19(2)16-20(23)3/h6-9,16-18H,4-5,10-15H2,1-3H3,(H2,27,28,32). The highest BCUT2D eigenvalue weighted by molar-refractivity contribution is 6.04. The quantitative estimate of drug-likeness (QED) is 0.675. The van der Waals surface area contributed by atoms with Gasteiger partial charge in [0.25, 0.3) is 5.91 Å². The lowest BCUT2D eigenvalue weighted by atomic mass is 9.97. The van der Waals surface area contributed by atoms with Crippen LogP contribution in [-0.2, 0) is 0 Å². The summed E-state index contributed by atoms with van der Waals surface area (Å²) >= 11 is 0. The van der Waals surface area contributed by atoms with Gasteiger partial charge in [-0.15, -0.1) is 0 Å². The first-order chi connectivity index (χ1) is 15.4. The monoisotopic (exact) mass is 434 g/mol. The Labute approximate surface area is 191 Å². The SMILES string of the molecule is Cc1ccc(NC(=O)Nc2ccc(N3CCC(C)CC3)c(C(=O)N3CCCC3)c2)c(C)c1. The van der Waals surface area contributed by atoms with Crippen molar-refractivity contribution in [3.63, 3.8) is 0 Å². The highest BCUT2D eigenvalue weighted by atomic mass is 16.2. The maximum absolute atomic E-state index is 13.4. The van der Waals surface area contributed by atoms with Gasteiger partial charge in [-0.3, -0.25) is 4.79 Å². The number of nitrogens with one attached hydrogen (secondary N) is 2. The third-order valence-corrected chi connectivity index (χ3v) is 6.63. The maximum atomic E-state index is 13.4. The summed E-state index contributed by atoms with van der Waals surface area (Å²) < 4.78 is 0. The van der Waals surface area contributed by atoms with Crippen molar-refractivity contribution in [1.82, 2.24) is 4.90 Å². The molecule has 0 aliphatic carbocycles. The molecule has 2 aromatic carbocycles. The van der Waals surface area contributed by atoms with Gasteiger partial charge in [0, 0.05) is 43.2 Å². The minimum absolute atomic E-state index is 0.0644. The lowest BCUT2D eigenvalue weighted by Crippen LogP contribution is -2.35. The Bertz CT molecular complexity index is 989. The number of nitrogens with zero attached hydrogens (tertiary/aromatic N) is 2. The van der Waals surface area contributed by atoms with E-state index in [4.69, 9.17) is 0 Å². The van der Waals surface area contributed by atoms with E-state index in [2.05, 4.69) is 22.5 Å². The zero-order valence-electron chi connectivity index (χ0n) is 19.4. The molecule has 0 radical (unpaired) electrons. The molecule has 0 aromatic heterocycles. The van der Waals surface area contributed by atoms with E-state index >= 15 is 0 Å². The number of hydrogen-bond donors (Lipinski definition) is 2. The van der Waals surface area contributed by atoms with Crippen LogP contribution in [0.25, 0.3) is 0 Å². The van der Waals surface area contributed by atoms with E-state index in [0.717, 1.165) is 80.3 Å². The van der Waals surface area contributed by atoms with Gasteiger partial charge in [-0.2, -0.15) is 0 Å². The Morgan fingerprint density at radius 1 is 0.906 bits per heavy atom. The molecule has 2 heterocycles. The number of hydrogen-bond acceptors (Lipinski definition) is 3. The smallest absolute Gasteiger partial charge is 0.323 e. The lowest BCUT2D eigenvalue weighted by molar-refractivity contribution is 0.0793. The maximum Gasteiger partial charge on any atom is 0.323 e. The summed E-state index contributed by atoms with van der Waals surface area (Å²) in [6.45, 7) is 9.82. The number of amides is 3. The zero-order valence-corrected chi connectivity index (χ0v) is 19.4. The van der Waals surface area contributed by atoms with E-state index in [1.165, 1.54) is 0 Å². The summed E-state index contributed by atoms with van der Waals surface area (Å²) in [6, 6.07) is 11.3. The van der Waals surface area contributed by atoms with Gasteiger partial charge in [0.1, 0.15) is 0 Å². The molecule has 2 aromatic rings.